The predicted octanol–water partition coefficient (Wildman–Crippen LogP) is 4.91. The molecule has 4 aromatic rings. The van der Waals surface area contributed by atoms with E-state index in [4.69, 9.17) is 14.1 Å². The van der Waals surface area contributed by atoms with Crippen molar-refractivity contribution in [1.82, 2.24) is 9.97 Å². The summed E-state index contributed by atoms with van der Waals surface area (Å²) in [7, 11) is 0. The third kappa shape index (κ3) is 3.61. The van der Waals surface area contributed by atoms with Crippen LogP contribution in [0, 0.1) is 0 Å². The second kappa shape index (κ2) is 7.67. The number of thiophene rings is 1. The van der Waals surface area contributed by atoms with E-state index in [1.54, 1.807) is 11.3 Å². The number of anilines is 1. The number of carbonyl (C=O) groups is 1. The Morgan fingerprint density at radius 2 is 2.00 bits per heavy atom. The number of pyridine rings is 1. The number of hydrogen-bond acceptors (Lipinski definition) is 7. The van der Waals surface area contributed by atoms with E-state index in [1.165, 1.54) is 6.26 Å². The summed E-state index contributed by atoms with van der Waals surface area (Å²) in [6, 6.07) is 13.6. The van der Waals surface area contributed by atoms with Gasteiger partial charge in [0.15, 0.2) is 0 Å². The number of benzene rings is 1. The van der Waals surface area contributed by atoms with Gasteiger partial charge in [0, 0.05) is 18.5 Å². The SMILES string of the molecule is O=C(OCc1coc(-c2cccs2)n1)c1cc2ccccc2nc1N1CCCC1. The summed E-state index contributed by atoms with van der Waals surface area (Å²) in [6.45, 7) is 1.86. The molecule has 0 N–H and O–H groups in total. The van der Waals surface area contributed by atoms with E-state index in [-0.39, 0.29) is 6.61 Å². The van der Waals surface area contributed by atoms with E-state index >= 15 is 0 Å². The monoisotopic (exact) mass is 405 g/mol. The summed E-state index contributed by atoms with van der Waals surface area (Å²) < 4.78 is 11.1. The molecule has 7 heteroatoms. The van der Waals surface area contributed by atoms with E-state index in [2.05, 4.69) is 9.88 Å². The topological polar surface area (TPSA) is 68.5 Å². The lowest BCUT2D eigenvalue weighted by molar-refractivity contribution is 0.0468. The number of esters is 1. The second-order valence-electron chi connectivity index (χ2n) is 6.94. The zero-order valence-electron chi connectivity index (χ0n) is 15.7. The minimum atomic E-state index is -0.397. The van der Waals surface area contributed by atoms with Crippen LogP contribution in [0.5, 0.6) is 0 Å². The predicted molar refractivity (Wildman–Crippen MR) is 112 cm³/mol. The van der Waals surface area contributed by atoms with Gasteiger partial charge in [-0.25, -0.2) is 14.8 Å². The van der Waals surface area contributed by atoms with Crippen LogP contribution in [0.2, 0.25) is 0 Å². The van der Waals surface area contributed by atoms with Crippen LogP contribution in [0.4, 0.5) is 5.82 Å². The number of oxazole rings is 1. The molecule has 3 aromatic heterocycles. The summed E-state index contributed by atoms with van der Waals surface area (Å²) >= 11 is 1.55. The summed E-state index contributed by atoms with van der Waals surface area (Å²) in [5.74, 6) is 0.840. The third-order valence-corrected chi connectivity index (χ3v) is 5.82. The maximum absolute atomic E-state index is 12.9. The first-order valence-corrected chi connectivity index (χ1v) is 10.5. The Hall–Kier alpha value is -3.19. The minimum absolute atomic E-state index is 0.0555. The van der Waals surface area contributed by atoms with Crippen molar-refractivity contribution in [2.45, 2.75) is 19.4 Å². The molecule has 6 nitrogen and oxygen atoms in total. The highest BCUT2D eigenvalue weighted by molar-refractivity contribution is 7.13. The lowest BCUT2D eigenvalue weighted by atomic mass is 10.1. The van der Waals surface area contributed by atoms with Gasteiger partial charge in [-0.05, 0) is 36.4 Å². The number of carbonyl (C=O) groups excluding carboxylic acids is 1. The lowest BCUT2D eigenvalue weighted by Crippen LogP contribution is -2.23. The molecule has 146 valence electrons. The Bertz CT molecular complexity index is 1150. The van der Waals surface area contributed by atoms with Crippen molar-refractivity contribution in [2.75, 3.05) is 18.0 Å². The fourth-order valence-electron chi connectivity index (χ4n) is 3.53. The lowest BCUT2D eigenvalue weighted by Gasteiger charge is -2.20. The Balaban J connectivity index is 1.39. The normalized spacial score (nSPS) is 13.9. The molecule has 0 spiro atoms. The van der Waals surface area contributed by atoms with E-state index in [9.17, 15) is 4.79 Å². The number of aromatic nitrogens is 2. The van der Waals surface area contributed by atoms with Crippen LogP contribution in [-0.4, -0.2) is 29.0 Å². The van der Waals surface area contributed by atoms with Crippen LogP contribution in [-0.2, 0) is 11.3 Å². The van der Waals surface area contributed by atoms with Crippen molar-refractivity contribution in [2.24, 2.45) is 0 Å². The first kappa shape index (κ1) is 17.9. The number of nitrogens with zero attached hydrogens (tertiary/aromatic N) is 3. The molecule has 0 amide bonds. The highest BCUT2D eigenvalue weighted by atomic mass is 32.1. The van der Waals surface area contributed by atoms with Crippen molar-refractivity contribution in [3.63, 3.8) is 0 Å². The standard InChI is InChI=1S/C22H19N3O3S/c26-22(28-14-16-13-27-21(23-16)19-8-5-11-29-19)17-12-15-6-1-2-7-18(15)24-20(17)25-9-3-4-10-25/h1-2,5-8,11-13H,3-4,9-10,14H2. The van der Waals surface area contributed by atoms with Gasteiger partial charge in [-0.1, -0.05) is 24.3 Å². The fourth-order valence-corrected chi connectivity index (χ4v) is 4.19. The van der Waals surface area contributed by atoms with Gasteiger partial charge in [0.05, 0.1) is 10.4 Å². The highest BCUT2D eigenvalue weighted by Gasteiger charge is 2.23. The molecule has 1 aromatic carbocycles. The molecule has 0 radical (unpaired) electrons. The quantitative estimate of drug-likeness (QED) is 0.440. The molecular formula is C22H19N3O3S. The zero-order chi connectivity index (χ0) is 19.6. The molecule has 4 heterocycles. The van der Waals surface area contributed by atoms with Gasteiger partial charge in [0.2, 0.25) is 5.89 Å². The Kier molecular flexibility index (Phi) is 4.73. The van der Waals surface area contributed by atoms with E-state index < -0.39 is 5.97 Å². The number of fused-ring (bicyclic) bond motifs is 1. The first-order chi connectivity index (χ1) is 14.3. The minimum Gasteiger partial charge on any atom is -0.455 e. The third-order valence-electron chi connectivity index (χ3n) is 4.96. The molecular weight excluding hydrogens is 386 g/mol. The molecule has 0 aliphatic carbocycles. The Morgan fingerprint density at radius 3 is 2.83 bits per heavy atom. The first-order valence-electron chi connectivity index (χ1n) is 9.58. The Labute approximate surface area is 171 Å². The van der Waals surface area contributed by atoms with Crippen molar-refractivity contribution in [3.05, 3.63) is 65.4 Å². The molecule has 1 saturated heterocycles. The van der Waals surface area contributed by atoms with Crippen LogP contribution in [0.25, 0.3) is 21.7 Å². The second-order valence-corrected chi connectivity index (χ2v) is 7.89. The highest BCUT2D eigenvalue weighted by Crippen LogP contribution is 2.28. The van der Waals surface area contributed by atoms with Gasteiger partial charge in [0.25, 0.3) is 0 Å². The molecule has 0 saturated carbocycles. The van der Waals surface area contributed by atoms with Crippen LogP contribution in [0.1, 0.15) is 28.9 Å². The molecule has 0 atom stereocenters. The smallest absolute Gasteiger partial charge is 0.342 e. The van der Waals surface area contributed by atoms with Crippen molar-refractivity contribution >= 4 is 34.0 Å². The number of ether oxygens (including phenoxy) is 1. The molecule has 0 unspecified atom stereocenters. The average molecular weight is 405 g/mol. The van der Waals surface area contributed by atoms with Crippen LogP contribution >= 0.6 is 11.3 Å². The van der Waals surface area contributed by atoms with E-state index in [0.29, 0.717) is 23.0 Å². The van der Waals surface area contributed by atoms with Crippen LogP contribution < -0.4 is 4.90 Å². The maximum atomic E-state index is 12.9. The van der Waals surface area contributed by atoms with Gasteiger partial charge in [-0.2, -0.15) is 0 Å². The molecule has 1 aliphatic heterocycles. The zero-order valence-corrected chi connectivity index (χ0v) is 16.5. The summed E-state index contributed by atoms with van der Waals surface area (Å²) in [5, 5.41) is 2.88. The van der Waals surface area contributed by atoms with E-state index in [0.717, 1.165) is 41.7 Å². The average Bonchev–Trinajstić information content (AvgIpc) is 3.53. The maximum Gasteiger partial charge on any atom is 0.342 e. The van der Waals surface area contributed by atoms with Crippen molar-refractivity contribution < 1.29 is 13.9 Å². The summed E-state index contributed by atoms with van der Waals surface area (Å²) in [4.78, 5) is 25.2. The fraction of sp³-hybridized carbons (Fsp3) is 0.227. The summed E-state index contributed by atoms with van der Waals surface area (Å²) in [5.41, 5.74) is 1.95. The Morgan fingerprint density at radius 1 is 1.14 bits per heavy atom. The van der Waals surface area contributed by atoms with Gasteiger partial charge in [-0.3, -0.25) is 0 Å². The largest absolute Gasteiger partial charge is 0.455 e. The summed E-state index contributed by atoms with van der Waals surface area (Å²) in [6.07, 6.45) is 3.74. The van der Waals surface area contributed by atoms with Crippen LogP contribution in [0.15, 0.2) is 58.5 Å². The molecule has 5 rings (SSSR count). The van der Waals surface area contributed by atoms with Gasteiger partial charge in [-0.15, -0.1) is 11.3 Å². The van der Waals surface area contributed by atoms with Gasteiger partial charge < -0.3 is 14.1 Å². The van der Waals surface area contributed by atoms with Crippen molar-refractivity contribution in [1.29, 1.82) is 0 Å². The van der Waals surface area contributed by atoms with Gasteiger partial charge in [0.1, 0.15) is 29.9 Å². The molecule has 29 heavy (non-hydrogen) atoms. The van der Waals surface area contributed by atoms with Crippen LogP contribution in [0.3, 0.4) is 0 Å². The van der Waals surface area contributed by atoms with E-state index in [1.807, 2.05) is 47.8 Å². The number of para-hydroxylation sites is 1. The van der Waals surface area contributed by atoms with Crippen molar-refractivity contribution in [3.8, 4) is 10.8 Å². The molecule has 1 aliphatic rings. The molecule has 0 bridgehead atoms. The molecule has 1 fully saturated rings. The number of hydrogen-bond donors (Lipinski definition) is 0. The van der Waals surface area contributed by atoms with Gasteiger partial charge >= 0.3 is 5.97 Å². The number of rotatable bonds is 5.